The van der Waals surface area contributed by atoms with E-state index >= 15 is 0 Å². The molecule has 0 aliphatic carbocycles. The van der Waals surface area contributed by atoms with Crippen LogP contribution in [0.3, 0.4) is 0 Å². The SMILES string of the molecule is CCCCCCCCCCCCCCC(=O)OCC(CO[C@@H]1O[C@H](CO)[C@H](O)[C@H](O)[C@H]1O)OC(=O)CCCCCCCCCCCCCC. The molecule has 0 aromatic heterocycles. The lowest BCUT2D eigenvalue weighted by Crippen LogP contribution is -2.59. The van der Waals surface area contributed by atoms with Crippen LogP contribution in [0, 0.1) is 0 Å². The summed E-state index contributed by atoms with van der Waals surface area (Å²) in [6.07, 6.45) is 21.1. The predicted molar refractivity (Wildman–Crippen MR) is 192 cm³/mol. The van der Waals surface area contributed by atoms with E-state index in [1.165, 1.54) is 109 Å². The van der Waals surface area contributed by atoms with E-state index in [9.17, 15) is 30.0 Å². The smallest absolute Gasteiger partial charge is 0.306 e. The van der Waals surface area contributed by atoms with Crippen molar-refractivity contribution in [2.45, 2.75) is 218 Å². The number of hydrogen-bond donors (Lipinski definition) is 4. The Morgan fingerprint density at radius 1 is 0.551 bits per heavy atom. The van der Waals surface area contributed by atoms with Crippen LogP contribution in [0.2, 0.25) is 0 Å². The van der Waals surface area contributed by atoms with Crippen molar-refractivity contribution in [1.82, 2.24) is 0 Å². The molecule has 0 aromatic carbocycles. The van der Waals surface area contributed by atoms with Crippen LogP contribution in [0.4, 0.5) is 0 Å². The first kappa shape index (κ1) is 45.7. The number of carbonyl (C=O) groups is 2. The molecule has 49 heavy (non-hydrogen) atoms. The van der Waals surface area contributed by atoms with Crippen LogP contribution in [0.1, 0.15) is 181 Å². The largest absolute Gasteiger partial charge is 0.462 e. The molecule has 1 fully saturated rings. The molecule has 290 valence electrons. The molecule has 1 rings (SSSR count). The third-order valence-electron chi connectivity index (χ3n) is 9.49. The summed E-state index contributed by atoms with van der Waals surface area (Å²) in [6, 6.07) is 0. The van der Waals surface area contributed by atoms with Crippen molar-refractivity contribution in [3.63, 3.8) is 0 Å². The van der Waals surface area contributed by atoms with Crippen molar-refractivity contribution in [2.24, 2.45) is 0 Å². The van der Waals surface area contributed by atoms with Crippen LogP contribution in [-0.4, -0.2) is 89.0 Å². The van der Waals surface area contributed by atoms with Crippen molar-refractivity contribution in [2.75, 3.05) is 19.8 Å². The monoisotopic (exact) mass is 703 g/mol. The van der Waals surface area contributed by atoms with E-state index in [1.807, 2.05) is 0 Å². The standard InChI is InChI=1S/C39H74O10/c1-3-5-7-9-11-13-15-17-19-21-23-25-27-34(41)46-30-32(31-47-39-38(45)37(44)36(43)33(29-40)49-39)48-35(42)28-26-24-22-20-18-16-14-12-10-8-6-4-2/h32-33,36-40,43-45H,3-31H2,1-2H3/t32?,33-,36+,37+,38-,39-/m1/s1. The van der Waals surface area contributed by atoms with E-state index in [0.29, 0.717) is 6.42 Å². The number of esters is 2. The van der Waals surface area contributed by atoms with Gasteiger partial charge in [0.25, 0.3) is 0 Å². The highest BCUT2D eigenvalue weighted by Crippen LogP contribution is 2.22. The Morgan fingerprint density at radius 2 is 0.959 bits per heavy atom. The summed E-state index contributed by atoms with van der Waals surface area (Å²) in [5, 5.41) is 39.9. The zero-order valence-electron chi connectivity index (χ0n) is 31.2. The van der Waals surface area contributed by atoms with E-state index < -0.39 is 49.4 Å². The van der Waals surface area contributed by atoms with Crippen LogP contribution < -0.4 is 0 Å². The summed E-state index contributed by atoms with van der Waals surface area (Å²) in [7, 11) is 0. The van der Waals surface area contributed by atoms with Crippen molar-refractivity contribution in [3.05, 3.63) is 0 Å². The molecule has 6 atom stereocenters. The van der Waals surface area contributed by atoms with Crippen molar-refractivity contribution in [3.8, 4) is 0 Å². The Kier molecular flexibility index (Phi) is 29.3. The summed E-state index contributed by atoms with van der Waals surface area (Å²) in [5.41, 5.74) is 0. The molecule has 0 aromatic rings. The van der Waals surface area contributed by atoms with E-state index in [1.54, 1.807) is 0 Å². The van der Waals surface area contributed by atoms with Gasteiger partial charge in [-0.25, -0.2) is 0 Å². The molecule has 1 unspecified atom stereocenters. The molecule has 0 amide bonds. The summed E-state index contributed by atoms with van der Waals surface area (Å²) < 4.78 is 22.1. The summed E-state index contributed by atoms with van der Waals surface area (Å²) in [4.78, 5) is 25.2. The third kappa shape index (κ3) is 23.7. The summed E-state index contributed by atoms with van der Waals surface area (Å²) >= 11 is 0. The molecule has 0 bridgehead atoms. The molecule has 0 spiro atoms. The lowest BCUT2D eigenvalue weighted by molar-refractivity contribution is -0.305. The van der Waals surface area contributed by atoms with E-state index in [2.05, 4.69) is 13.8 Å². The minimum atomic E-state index is -1.59. The Morgan fingerprint density at radius 3 is 1.39 bits per heavy atom. The highest BCUT2D eigenvalue weighted by molar-refractivity contribution is 5.70. The first-order chi connectivity index (χ1) is 23.8. The fourth-order valence-electron chi connectivity index (χ4n) is 6.25. The van der Waals surface area contributed by atoms with Gasteiger partial charge in [-0.3, -0.25) is 9.59 Å². The highest BCUT2D eigenvalue weighted by Gasteiger charge is 2.44. The Balaban J connectivity index is 2.38. The first-order valence-corrected chi connectivity index (χ1v) is 20.1. The number of ether oxygens (including phenoxy) is 4. The quantitative estimate of drug-likeness (QED) is 0.0401. The van der Waals surface area contributed by atoms with E-state index in [4.69, 9.17) is 18.9 Å². The average molecular weight is 703 g/mol. The number of hydrogen-bond acceptors (Lipinski definition) is 10. The van der Waals surface area contributed by atoms with Gasteiger partial charge in [0.15, 0.2) is 12.4 Å². The Hall–Kier alpha value is -1.30. The molecule has 1 aliphatic rings. The van der Waals surface area contributed by atoms with Crippen LogP contribution >= 0.6 is 0 Å². The van der Waals surface area contributed by atoms with Gasteiger partial charge in [0.05, 0.1) is 13.2 Å². The van der Waals surface area contributed by atoms with E-state index in [-0.39, 0.29) is 32.0 Å². The number of unbranched alkanes of at least 4 members (excludes halogenated alkanes) is 22. The normalized spacial score (nSPS) is 21.5. The minimum Gasteiger partial charge on any atom is -0.462 e. The highest BCUT2D eigenvalue weighted by atomic mass is 16.7. The maximum atomic E-state index is 12.7. The van der Waals surface area contributed by atoms with Crippen molar-refractivity contribution < 1.29 is 49.0 Å². The fraction of sp³-hybridized carbons (Fsp3) is 0.949. The van der Waals surface area contributed by atoms with Gasteiger partial charge in [-0.2, -0.15) is 0 Å². The van der Waals surface area contributed by atoms with Crippen LogP contribution in [0.5, 0.6) is 0 Å². The van der Waals surface area contributed by atoms with Gasteiger partial charge >= 0.3 is 11.9 Å². The lowest BCUT2D eigenvalue weighted by Gasteiger charge is -2.39. The minimum absolute atomic E-state index is 0.210. The van der Waals surface area contributed by atoms with Crippen LogP contribution in [0.25, 0.3) is 0 Å². The second-order valence-electron chi connectivity index (χ2n) is 14.1. The predicted octanol–water partition coefficient (Wildman–Crippen LogP) is 7.44. The van der Waals surface area contributed by atoms with Crippen LogP contribution in [-0.2, 0) is 28.5 Å². The van der Waals surface area contributed by atoms with Gasteiger partial charge in [0.2, 0.25) is 0 Å². The number of rotatable bonds is 33. The zero-order chi connectivity index (χ0) is 36.0. The second kappa shape index (κ2) is 31.4. The van der Waals surface area contributed by atoms with Gasteiger partial charge < -0.3 is 39.4 Å². The van der Waals surface area contributed by atoms with Crippen LogP contribution in [0.15, 0.2) is 0 Å². The molecule has 1 aliphatic heterocycles. The maximum absolute atomic E-state index is 12.7. The topological polar surface area (TPSA) is 152 Å². The Bertz CT molecular complexity index is 779. The molecule has 10 heteroatoms. The summed E-state index contributed by atoms with van der Waals surface area (Å²) in [6.45, 7) is 3.41. The molecule has 4 N–H and O–H groups in total. The molecule has 1 saturated heterocycles. The number of aliphatic hydroxyl groups is 4. The zero-order valence-corrected chi connectivity index (χ0v) is 31.2. The van der Waals surface area contributed by atoms with Gasteiger partial charge in [-0.1, -0.05) is 155 Å². The van der Waals surface area contributed by atoms with Gasteiger partial charge in [-0.15, -0.1) is 0 Å². The van der Waals surface area contributed by atoms with Gasteiger partial charge in [0.1, 0.15) is 31.0 Å². The average Bonchev–Trinajstić information content (AvgIpc) is 3.10. The van der Waals surface area contributed by atoms with Gasteiger partial charge in [0, 0.05) is 12.8 Å². The molecule has 10 nitrogen and oxygen atoms in total. The first-order valence-electron chi connectivity index (χ1n) is 20.1. The molecule has 1 heterocycles. The molecular formula is C39H74O10. The number of aliphatic hydroxyl groups excluding tert-OH is 4. The molecule has 0 saturated carbocycles. The summed E-state index contributed by atoms with van der Waals surface area (Å²) in [5.74, 6) is -0.798. The number of carbonyl (C=O) groups excluding carboxylic acids is 2. The maximum Gasteiger partial charge on any atom is 0.306 e. The molecule has 0 radical (unpaired) electrons. The third-order valence-corrected chi connectivity index (χ3v) is 9.49. The lowest BCUT2D eigenvalue weighted by atomic mass is 9.99. The Labute approximate surface area is 298 Å². The van der Waals surface area contributed by atoms with Crippen molar-refractivity contribution in [1.29, 1.82) is 0 Å². The molecular weight excluding hydrogens is 628 g/mol. The van der Waals surface area contributed by atoms with Crippen molar-refractivity contribution >= 4 is 11.9 Å². The fourth-order valence-corrected chi connectivity index (χ4v) is 6.25. The van der Waals surface area contributed by atoms with E-state index in [0.717, 1.165) is 38.5 Å². The second-order valence-corrected chi connectivity index (χ2v) is 14.1. The van der Waals surface area contributed by atoms with Gasteiger partial charge in [-0.05, 0) is 12.8 Å².